The number of aryl methyl sites for hydroxylation is 1. The molecule has 5 heteroatoms. The van der Waals surface area contributed by atoms with Crippen LogP contribution in [-0.4, -0.2) is 29.1 Å². The van der Waals surface area contributed by atoms with Gasteiger partial charge in [0.2, 0.25) is 5.13 Å². The lowest BCUT2D eigenvalue weighted by molar-refractivity contribution is 0.167. The van der Waals surface area contributed by atoms with E-state index in [1.807, 2.05) is 13.8 Å². The van der Waals surface area contributed by atoms with Gasteiger partial charge in [0.05, 0.1) is 13.2 Å². The van der Waals surface area contributed by atoms with Crippen molar-refractivity contribution < 1.29 is 4.74 Å². The SMILES string of the molecule is C=C(C)COCCNc1nc(CC)ns1. The zero-order valence-electron chi connectivity index (χ0n) is 9.25. The number of ether oxygens (including phenoxy) is 1. The van der Waals surface area contributed by atoms with Crippen LogP contribution >= 0.6 is 11.5 Å². The molecule has 1 aromatic heterocycles. The maximum Gasteiger partial charge on any atom is 0.202 e. The van der Waals surface area contributed by atoms with E-state index in [1.165, 1.54) is 11.5 Å². The standard InChI is InChI=1S/C10H17N3OS/c1-4-9-12-10(15-13-9)11-5-6-14-7-8(2)3/h2,4-7H2,1,3H3,(H,11,12,13). The molecule has 0 amide bonds. The number of aromatic nitrogens is 2. The summed E-state index contributed by atoms with van der Waals surface area (Å²) in [6, 6.07) is 0. The van der Waals surface area contributed by atoms with Gasteiger partial charge in [-0.1, -0.05) is 19.1 Å². The first-order valence-corrected chi connectivity index (χ1v) is 5.78. The van der Waals surface area contributed by atoms with Crippen molar-refractivity contribution in [3.05, 3.63) is 18.0 Å². The summed E-state index contributed by atoms with van der Waals surface area (Å²) in [6.07, 6.45) is 0.879. The third-order valence-electron chi connectivity index (χ3n) is 1.66. The molecule has 0 atom stereocenters. The number of nitrogens with one attached hydrogen (secondary N) is 1. The number of anilines is 1. The molecule has 0 bridgehead atoms. The Morgan fingerprint density at radius 1 is 1.60 bits per heavy atom. The number of rotatable bonds is 7. The summed E-state index contributed by atoms with van der Waals surface area (Å²) >= 11 is 1.39. The lowest BCUT2D eigenvalue weighted by Crippen LogP contribution is -2.10. The van der Waals surface area contributed by atoms with Gasteiger partial charge in [0.25, 0.3) is 0 Å². The smallest absolute Gasteiger partial charge is 0.202 e. The Bertz CT molecular complexity index is 311. The third-order valence-corrected chi connectivity index (χ3v) is 2.37. The van der Waals surface area contributed by atoms with Gasteiger partial charge in [-0.3, -0.25) is 0 Å². The van der Waals surface area contributed by atoms with Gasteiger partial charge < -0.3 is 10.1 Å². The van der Waals surface area contributed by atoms with E-state index >= 15 is 0 Å². The molecular formula is C10H17N3OS. The largest absolute Gasteiger partial charge is 0.375 e. The molecule has 0 saturated heterocycles. The van der Waals surface area contributed by atoms with E-state index in [0.29, 0.717) is 13.2 Å². The van der Waals surface area contributed by atoms with Crippen LogP contribution in [0.3, 0.4) is 0 Å². The minimum Gasteiger partial charge on any atom is -0.375 e. The van der Waals surface area contributed by atoms with E-state index in [9.17, 15) is 0 Å². The van der Waals surface area contributed by atoms with Crippen LogP contribution < -0.4 is 5.32 Å². The van der Waals surface area contributed by atoms with Crippen molar-refractivity contribution >= 4 is 16.7 Å². The fourth-order valence-corrected chi connectivity index (χ4v) is 1.62. The molecule has 0 aliphatic heterocycles. The molecule has 4 nitrogen and oxygen atoms in total. The Morgan fingerprint density at radius 3 is 3.00 bits per heavy atom. The minimum absolute atomic E-state index is 0.623. The first-order valence-electron chi connectivity index (χ1n) is 5.01. The highest BCUT2D eigenvalue weighted by Crippen LogP contribution is 2.10. The van der Waals surface area contributed by atoms with Crippen LogP contribution in [0.15, 0.2) is 12.2 Å². The molecule has 1 heterocycles. The lowest BCUT2D eigenvalue weighted by Gasteiger charge is -2.03. The third kappa shape index (κ3) is 4.90. The molecule has 0 aromatic carbocycles. The molecule has 84 valence electrons. The fourth-order valence-electron chi connectivity index (χ4n) is 0.946. The van der Waals surface area contributed by atoms with Crippen LogP contribution in [0, 0.1) is 0 Å². The summed E-state index contributed by atoms with van der Waals surface area (Å²) in [5.41, 5.74) is 1.04. The Hall–Kier alpha value is -0.940. The van der Waals surface area contributed by atoms with Crippen LogP contribution in [0.4, 0.5) is 5.13 Å². The van der Waals surface area contributed by atoms with Gasteiger partial charge in [0, 0.05) is 24.5 Å². The Morgan fingerprint density at radius 2 is 2.40 bits per heavy atom. The maximum absolute atomic E-state index is 5.34. The fraction of sp³-hybridized carbons (Fsp3) is 0.600. The molecule has 0 radical (unpaired) electrons. The van der Waals surface area contributed by atoms with E-state index in [4.69, 9.17) is 4.74 Å². The molecular weight excluding hydrogens is 210 g/mol. The van der Waals surface area contributed by atoms with Gasteiger partial charge in [-0.05, 0) is 6.92 Å². The zero-order valence-corrected chi connectivity index (χ0v) is 10.1. The van der Waals surface area contributed by atoms with Gasteiger partial charge >= 0.3 is 0 Å². The van der Waals surface area contributed by atoms with Crippen molar-refractivity contribution in [2.24, 2.45) is 0 Å². The van der Waals surface area contributed by atoms with E-state index in [0.717, 1.165) is 29.5 Å². The summed E-state index contributed by atoms with van der Waals surface area (Å²) in [7, 11) is 0. The highest BCUT2D eigenvalue weighted by molar-refractivity contribution is 7.09. The minimum atomic E-state index is 0.623. The molecule has 0 fully saturated rings. The molecule has 0 spiro atoms. The molecule has 1 N–H and O–H groups in total. The monoisotopic (exact) mass is 227 g/mol. The average molecular weight is 227 g/mol. The summed E-state index contributed by atoms with van der Waals surface area (Å²) in [5.74, 6) is 0.894. The molecule has 0 unspecified atom stereocenters. The van der Waals surface area contributed by atoms with Crippen LogP contribution in [0.1, 0.15) is 19.7 Å². The number of hydrogen-bond acceptors (Lipinski definition) is 5. The van der Waals surface area contributed by atoms with Crippen LogP contribution in [0.25, 0.3) is 0 Å². The summed E-state index contributed by atoms with van der Waals surface area (Å²) < 4.78 is 9.52. The highest BCUT2D eigenvalue weighted by atomic mass is 32.1. The highest BCUT2D eigenvalue weighted by Gasteiger charge is 2.00. The normalized spacial score (nSPS) is 10.3. The molecule has 15 heavy (non-hydrogen) atoms. The lowest BCUT2D eigenvalue weighted by atomic mass is 10.4. The van der Waals surface area contributed by atoms with Gasteiger partial charge in [0.15, 0.2) is 0 Å². The second-order valence-electron chi connectivity index (χ2n) is 3.31. The second kappa shape index (κ2) is 6.53. The first kappa shape index (κ1) is 12.1. The van der Waals surface area contributed by atoms with E-state index in [1.54, 1.807) is 0 Å². The van der Waals surface area contributed by atoms with Crippen LogP contribution in [0.5, 0.6) is 0 Å². The van der Waals surface area contributed by atoms with Crippen molar-refractivity contribution in [2.45, 2.75) is 20.3 Å². The maximum atomic E-state index is 5.34. The second-order valence-corrected chi connectivity index (χ2v) is 4.06. The van der Waals surface area contributed by atoms with Gasteiger partial charge in [-0.25, -0.2) is 4.98 Å². The predicted octanol–water partition coefficient (Wildman–Crippen LogP) is 2.11. The van der Waals surface area contributed by atoms with Crippen molar-refractivity contribution in [2.75, 3.05) is 25.1 Å². The topological polar surface area (TPSA) is 47.0 Å². The van der Waals surface area contributed by atoms with Crippen LogP contribution in [-0.2, 0) is 11.2 Å². The van der Waals surface area contributed by atoms with E-state index in [-0.39, 0.29) is 0 Å². The molecule has 1 aromatic rings. The Labute approximate surface area is 94.5 Å². The van der Waals surface area contributed by atoms with Gasteiger partial charge in [-0.15, -0.1) is 0 Å². The van der Waals surface area contributed by atoms with Crippen LogP contribution in [0.2, 0.25) is 0 Å². The van der Waals surface area contributed by atoms with Crippen molar-refractivity contribution in [3.63, 3.8) is 0 Å². The zero-order chi connectivity index (χ0) is 11.1. The Balaban J connectivity index is 2.12. The number of hydrogen-bond donors (Lipinski definition) is 1. The molecule has 0 saturated carbocycles. The van der Waals surface area contributed by atoms with Gasteiger partial charge in [-0.2, -0.15) is 4.37 Å². The summed E-state index contributed by atoms with van der Waals surface area (Å²) in [6.45, 7) is 9.79. The summed E-state index contributed by atoms with van der Waals surface area (Å²) in [5, 5.41) is 4.03. The number of nitrogens with zero attached hydrogens (tertiary/aromatic N) is 2. The van der Waals surface area contributed by atoms with E-state index in [2.05, 4.69) is 21.3 Å². The average Bonchev–Trinajstić information content (AvgIpc) is 2.65. The Kier molecular flexibility index (Phi) is 5.28. The quantitative estimate of drug-likeness (QED) is 0.572. The molecule has 1 rings (SSSR count). The molecule has 0 aliphatic rings. The first-order chi connectivity index (χ1) is 7.22. The van der Waals surface area contributed by atoms with Crippen molar-refractivity contribution in [1.82, 2.24) is 9.36 Å². The van der Waals surface area contributed by atoms with Gasteiger partial charge in [0.1, 0.15) is 5.82 Å². The van der Waals surface area contributed by atoms with Crippen molar-refractivity contribution in [1.29, 1.82) is 0 Å². The van der Waals surface area contributed by atoms with Crippen molar-refractivity contribution in [3.8, 4) is 0 Å². The molecule has 0 aliphatic carbocycles. The van der Waals surface area contributed by atoms with E-state index < -0.39 is 0 Å². The predicted molar refractivity (Wildman–Crippen MR) is 63.4 cm³/mol. The summed E-state index contributed by atoms with van der Waals surface area (Å²) in [4.78, 5) is 4.28.